The molecule has 130 valence electrons. The van der Waals surface area contributed by atoms with Crippen molar-refractivity contribution in [3.63, 3.8) is 0 Å². The molecule has 0 aliphatic carbocycles. The number of carbonyl (C=O) groups is 1. The third-order valence-electron chi connectivity index (χ3n) is 3.45. The molecule has 0 spiro atoms. The van der Waals surface area contributed by atoms with Gasteiger partial charge in [-0.05, 0) is 18.2 Å². The van der Waals surface area contributed by atoms with Crippen molar-refractivity contribution < 1.29 is 4.79 Å². The molecule has 0 unspecified atom stereocenters. The lowest BCUT2D eigenvalue weighted by atomic mass is 10.3. The van der Waals surface area contributed by atoms with Crippen LogP contribution in [-0.4, -0.2) is 25.8 Å². The molecule has 2 heterocycles. The minimum Gasteiger partial charge on any atom is -0.311 e. The van der Waals surface area contributed by atoms with Gasteiger partial charge in [0.25, 0.3) is 5.56 Å². The SMILES string of the molecule is Cn1c(NC(=O)CSc2nc3cc(Cl)ccc3s2)cc(=O)n(C)c1=O. The summed E-state index contributed by atoms with van der Waals surface area (Å²) in [5, 5.41) is 3.19. The number of aromatic nitrogens is 3. The molecule has 0 radical (unpaired) electrons. The molecule has 0 atom stereocenters. The molecule has 0 bridgehead atoms. The van der Waals surface area contributed by atoms with E-state index in [-0.39, 0.29) is 17.5 Å². The van der Waals surface area contributed by atoms with Gasteiger partial charge in [0.05, 0.1) is 16.0 Å². The van der Waals surface area contributed by atoms with Crippen LogP contribution in [0.1, 0.15) is 0 Å². The molecule has 3 aromatic rings. The van der Waals surface area contributed by atoms with Crippen LogP contribution in [0.5, 0.6) is 0 Å². The highest BCUT2D eigenvalue weighted by Crippen LogP contribution is 2.30. The van der Waals surface area contributed by atoms with Crippen LogP contribution < -0.4 is 16.6 Å². The van der Waals surface area contributed by atoms with Crippen LogP contribution in [0.15, 0.2) is 38.2 Å². The van der Waals surface area contributed by atoms with Crippen LogP contribution in [-0.2, 0) is 18.9 Å². The van der Waals surface area contributed by atoms with Gasteiger partial charge in [-0.3, -0.25) is 18.7 Å². The van der Waals surface area contributed by atoms with E-state index in [4.69, 9.17) is 11.6 Å². The summed E-state index contributed by atoms with van der Waals surface area (Å²) in [6.45, 7) is 0. The molecule has 1 N–H and O–H groups in total. The first-order valence-electron chi connectivity index (χ1n) is 7.11. The number of fused-ring (bicyclic) bond motifs is 1. The zero-order chi connectivity index (χ0) is 18.1. The summed E-state index contributed by atoms with van der Waals surface area (Å²) in [7, 11) is 2.87. The van der Waals surface area contributed by atoms with Crippen molar-refractivity contribution in [2.45, 2.75) is 4.34 Å². The van der Waals surface area contributed by atoms with E-state index in [0.29, 0.717) is 5.02 Å². The number of benzene rings is 1. The van der Waals surface area contributed by atoms with E-state index in [1.165, 1.54) is 47.8 Å². The second-order valence-corrected chi connectivity index (χ2v) is 7.89. The molecule has 1 aromatic carbocycles. The number of amides is 1. The highest BCUT2D eigenvalue weighted by molar-refractivity contribution is 8.01. The quantitative estimate of drug-likeness (QED) is 0.682. The average molecular weight is 397 g/mol. The van der Waals surface area contributed by atoms with E-state index in [0.717, 1.165) is 19.1 Å². The Hall–Kier alpha value is -2.10. The average Bonchev–Trinajstić information content (AvgIpc) is 2.98. The number of hydrogen-bond donors (Lipinski definition) is 1. The Morgan fingerprint density at radius 3 is 2.80 bits per heavy atom. The largest absolute Gasteiger partial charge is 0.332 e. The predicted octanol–water partition coefficient (Wildman–Crippen LogP) is 2.08. The van der Waals surface area contributed by atoms with Crippen molar-refractivity contribution in [2.24, 2.45) is 14.1 Å². The Balaban J connectivity index is 1.70. The molecule has 2 aromatic heterocycles. The fraction of sp³-hybridized carbons (Fsp3) is 0.200. The van der Waals surface area contributed by atoms with E-state index in [2.05, 4.69) is 10.3 Å². The molecule has 0 saturated carbocycles. The van der Waals surface area contributed by atoms with Gasteiger partial charge in [0.15, 0.2) is 4.34 Å². The number of halogens is 1. The molecule has 1 amide bonds. The van der Waals surface area contributed by atoms with Gasteiger partial charge in [-0.25, -0.2) is 9.78 Å². The number of nitrogens with zero attached hydrogens (tertiary/aromatic N) is 3. The molecule has 10 heteroatoms. The summed E-state index contributed by atoms with van der Waals surface area (Å²) < 4.78 is 3.91. The summed E-state index contributed by atoms with van der Waals surface area (Å²) >= 11 is 8.68. The van der Waals surface area contributed by atoms with Crippen LogP contribution in [0, 0.1) is 0 Å². The number of thiazole rings is 1. The Morgan fingerprint density at radius 2 is 2.04 bits per heavy atom. The number of anilines is 1. The van der Waals surface area contributed by atoms with Gasteiger partial charge in [-0.1, -0.05) is 23.4 Å². The smallest absolute Gasteiger partial charge is 0.311 e. The summed E-state index contributed by atoms with van der Waals surface area (Å²) in [5.74, 6) is -0.0583. The van der Waals surface area contributed by atoms with E-state index in [1.807, 2.05) is 6.07 Å². The molecule has 0 saturated heterocycles. The highest BCUT2D eigenvalue weighted by atomic mass is 35.5. The molecule has 7 nitrogen and oxygen atoms in total. The number of thioether (sulfide) groups is 1. The fourth-order valence-corrected chi connectivity index (χ4v) is 4.12. The second-order valence-electron chi connectivity index (χ2n) is 5.20. The number of hydrogen-bond acceptors (Lipinski definition) is 6. The van der Waals surface area contributed by atoms with Gasteiger partial charge < -0.3 is 5.32 Å². The first-order valence-corrected chi connectivity index (χ1v) is 9.29. The van der Waals surface area contributed by atoms with E-state index >= 15 is 0 Å². The predicted molar refractivity (Wildman–Crippen MR) is 101 cm³/mol. The Morgan fingerprint density at radius 1 is 1.28 bits per heavy atom. The normalized spacial score (nSPS) is 11.0. The summed E-state index contributed by atoms with van der Waals surface area (Å²) in [4.78, 5) is 40.1. The lowest BCUT2D eigenvalue weighted by Crippen LogP contribution is -2.38. The molecule has 3 rings (SSSR count). The van der Waals surface area contributed by atoms with Gasteiger partial charge in [0, 0.05) is 25.2 Å². The summed E-state index contributed by atoms with van der Waals surface area (Å²) in [6.07, 6.45) is 0. The molecule has 0 aliphatic heterocycles. The molecule has 25 heavy (non-hydrogen) atoms. The van der Waals surface area contributed by atoms with Gasteiger partial charge in [-0.15, -0.1) is 11.3 Å². The summed E-state index contributed by atoms with van der Waals surface area (Å²) in [6, 6.07) is 6.66. The van der Waals surface area contributed by atoms with Crippen molar-refractivity contribution in [3.8, 4) is 0 Å². The maximum absolute atomic E-state index is 12.1. The van der Waals surface area contributed by atoms with E-state index < -0.39 is 11.2 Å². The molecule has 0 fully saturated rings. The Labute approximate surface area is 155 Å². The molecule has 0 aliphatic rings. The van der Waals surface area contributed by atoms with E-state index in [1.54, 1.807) is 12.1 Å². The lowest BCUT2D eigenvalue weighted by Gasteiger charge is -2.10. The van der Waals surface area contributed by atoms with E-state index in [9.17, 15) is 14.4 Å². The first-order chi connectivity index (χ1) is 11.8. The topological polar surface area (TPSA) is 86.0 Å². The van der Waals surface area contributed by atoms with Crippen molar-refractivity contribution in [3.05, 3.63) is 50.1 Å². The molecular formula is C15H13ClN4O3S2. The van der Waals surface area contributed by atoms with Crippen molar-refractivity contribution >= 4 is 56.6 Å². The van der Waals surface area contributed by atoms with Crippen LogP contribution in [0.4, 0.5) is 5.82 Å². The number of rotatable bonds is 4. The second kappa shape index (κ2) is 7.03. The lowest BCUT2D eigenvalue weighted by molar-refractivity contribution is -0.113. The van der Waals surface area contributed by atoms with Crippen LogP contribution in [0.25, 0.3) is 10.2 Å². The third kappa shape index (κ3) is 3.78. The maximum Gasteiger partial charge on any atom is 0.332 e. The zero-order valence-electron chi connectivity index (χ0n) is 13.3. The number of nitrogens with one attached hydrogen (secondary N) is 1. The Bertz CT molecular complexity index is 1090. The summed E-state index contributed by atoms with van der Waals surface area (Å²) in [5.41, 5.74) is -0.193. The van der Waals surface area contributed by atoms with Crippen LogP contribution >= 0.6 is 34.7 Å². The first kappa shape index (κ1) is 17.7. The minimum absolute atomic E-state index is 0.108. The van der Waals surface area contributed by atoms with Gasteiger partial charge >= 0.3 is 5.69 Å². The van der Waals surface area contributed by atoms with Gasteiger partial charge in [-0.2, -0.15) is 0 Å². The fourth-order valence-electron chi connectivity index (χ4n) is 2.10. The van der Waals surface area contributed by atoms with Crippen LogP contribution in [0.3, 0.4) is 0 Å². The minimum atomic E-state index is -0.501. The standard InChI is InChI=1S/C15H13ClN4O3S2/c1-19-11(6-13(22)20(2)15(19)23)18-12(21)7-24-14-17-9-5-8(16)3-4-10(9)25-14/h3-6H,7H2,1-2H3,(H,18,21). The van der Waals surface area contributed by atoms with Crippen LogP contribution in [0.2, 0.25) is 5.02 Å². The maximum atomic E-state index is 12.1. The third-order valence-corrected chi connectivity index (χ3v) is 5.86. The van der Waals surface area contributed by atoms with Gasteiger partial charge in [0.1, 0.15) is 5.82 Å². The van der Waals surface area contributed by atoms with Gasteiger partial charge in [0.2, 0.25) is 5.91 Å². The van der Waals surface area contributed by atoms with Crippen molar-refractivity contribution in [2.75, 3.05) is 11.1 Å². The Kier molecular flexibility index (Phi) is 4.98. The monoisotopic (exact) mass is 396 g/mol. The highest BCUT2D eigenvalue weighted by Gasteiger charge is 2.11. The van der Waals surface area contributed by atoms with Crippen molar-refractivity contribution in [1.82, 2.24) is 14.1 Å². The number of carbonyl (C=O) groups excluding carboxylic acids is 1. The molecular weight excluding hydrogens is 384 g/mol. The van der Waals surface area contributed by atoms with Crippen molar-refractivity contribution in [1.29, 1.82) is 0 Å². The zero-order valence-corrected chi connectivity index (χ0v) is 15.7.